The number of rotatable bonds is 72. The highest BCUT2D eigenvalue weighted by Gasteiger charge is 2.30. The van der Waals surface area contributed by atoms with Crippen LogP contribution in [0, 0.1) is 0 Å². The molecule has 19 heteroatoms. The van der Waals surface area contributed by atoms with Crippen LogP contribution in [0.5, 0.6) is 0 Å². The van der Waals surface area contributed by atoms with Crippen LogP contribution in [0.3, 0.4) is 0 Å². The Hall–Kier alpha value is -4.54. The summed E-state index contributed by atoms with van der Waals surface area (Å²) in [6.45, 7) is 4.54. The molecule has 5 atom stereocenters. The Labute approximate surface area is 606 Å². The highest BCUT2D eigenvalue weighted by molar-refractivity contribution is 7.47. The maximum Gasteiger partial charge on any atom is 0.472 e. The zero-order chi connectivity index (χ0) is 73.2. The molecule has 0 amide bonds. The first kappa shape index (κ1) is 95.5. The van der Waals surface area contributed by atoms with Crippen molar-refractivity contribution in [3.05, 3.63) is 122 Å². The van der Waals surface area contributed by atoms with Gasteiger partial charge in [0.2, 0.25) is 0 Å². The number of phosphoric ester groups is 2. The third-order valence-electron chi connectivity index (χ3n) is 15.9. The molecule has 0 bridgehead atoms. The number of esters is 4. The van der Waals surface area contributed by atoms with Crippen LogP contribution in [-0.4, -0.2) is 96.7 Å². The summed E-state index contributed by atoms with van der Waals surface area (Å²) < 4.78 is 68.4. The van der Waals surface area contributed by atoms with E-state index in [2.05, 4.69) is 149 Å². The van der Waals surface area contributed by atoms with Crippen LogP contribution < -0.4 is 0 Å². The Morgan fingerprint density at radius 1 is 0.290 bits per heavy atom. The van der Waals surface area contributed by atoms with Gasteiger partial charge < -0.3 is 33.8 Å². The molecular weight excluding hydrogens is 1310 g/mol. The second kappa shape index (κ2) is 72.8. The standard InChI is InChI=1S/C81H138O17P2/c1-5-9-13-17-21-25-29-32-35-36-37-38-41-43-47-50-54-58-62-66-79(84)92-72-77(98-81(86)68-64-60-56-52-48-44-40-34-31-27-23-19-15-11-7-3)74-96-100(89,90)94-70-75(82)69-93-99(87,88)95-73-76(97-80(85)67-63-59-55-51-45-28-24-20-16-12-8-4)71-91-78(83)65-61-57-53-49-46-42-39-33-30-26-22-18-14-10-6-2/h9-10,13-14,21-23,25-27,32-35,37-40,46,49,75-77,82H,5-8,11-12,15-20,24,28-31,36,41-45,47-48,50-74H2,1-4H3,(H,87,88)(H,89,90)/b13-9-,14-10-,25-21-,26-22-,27-23-,35-32-,38-37-,39-33-,40-34-,49-46-. The highest BCUT2D eigenvalue weighted by atomic mass is 31.2. The molecule has 0 saturated carbocycles. The number of aliphatic hydroxyl groups excluding tert-OH is 1. The molecule has 0 aromatic carbocycles. The molecule has 0 aromatic heterocycles. The Balaban J connectivity index is 5.37. The molecule has 0 saturated heterocycles. The first-order chi connectivity index (χ1) is 48.7. The number of carbonyl (C=O) groups is 4. The van der Waals surface area contributed by atoms with Crippen molar-refractivity contribution in [3.63, 3.8) is 0 Å². The van der Waals surface area contributed by atoms with E-state index in [1.54, 1.807) is 0 Å². The van der Waals surface area contributed by atoms with E-state index in [1.807, 2.05) is 0 Å². The summed E-state index contributed by atoms with van der Waals surface area (Å²) in [6, 6.07) is 0. The lowest BCUT2D eigenvalue weighted by atomic mass is 10.1. The van der Waals surface area contributed by atoms with E-state index >= 15 is 0 Å². The van der Waals surface area contributed by atoms with Gasteiger partial charge in [0, 0.05) is 25.7 Å². The van der Waals surface area contributed by atoms with Crippen LogP contribution in [0.4, 0.5) is 0 Å². The summed E-state index contributed by atoms with van der Waals surface area (Å²) in [5.74, 6) is -2.25. The molecule has 574 valence electrons. The summed E-state index contributed by atoms with van der Waals surface area (Å²) in [5.41, 5.74) is 0. The van der Waals surface area contributed by atoms with Gasteiger partial charge in [-0.25, -0.2) is 9.13 Å². The number of carbonyl (C=O) groups excluding carboxylic acids is 4. The highest BCUT2D eigenvalue weighted by Crippen LogP contribution is 2.45. The van der Waals surface area contributed by atoms with Gasteiger partial charge in [0.05, 0.1) is 26.4 Å². The van der Waals surface area contributed by atoms with Crippen molar-refractivity contribution in [2.24, 2.45) is 0 Å². The van der Waals surface area contributed by atoms with Crippen molar-refractivity contribution >= 4 is 39.5 Å². The molecule has 0 aliphatic carbocycles. The van der Waals surface area contributed by atoms with E-state index in [0.29, 0.717) is 25.7 Å². The molecule has 0 heterocycles. The van der Waals surface area contributed by atoms with Gasteiger partial charge in [0.15, 0.2) is 12.2 Å². The van der Waals surface area contributed by atoms with E-state index in [1.165, 1.54) is 57.8 Å². The second-order valence-electron chi connectivity index (χ2n) is 25.5. The Morgan fingerprint density at radius 3 is 0.840 bits per heavy atom. The molecule has 0 fully saturated rings. The van der Waals surface area contributed by atoms with Crippen LogP contribution in [0.15, 0.2) is 122 Å². The maximum atomic E-state index is 13.1. The van der Waals surface area contributed by atoms with Crippen LogP contribution >= 0.6 is 15.6 Å². The lowest BCUT2D eigenvalue weighted by molar-refractivity contribution is -0.161. The van der Waals surface area contributed by atoms with Crippen LogP contribution in [-0.2, 0) is 65.4 Å². The summed E-state index contributed by atoms with van der Waals surface area (Å²) in [6.07, 6.45) is 79.0. The van der Waals surface area contributed by atoms with Gasteiger partial charge in [-0.3, -0.25) is 37.3 Å². The Bertz CT molecular complexity index is 2370. The number of hydrogen-bond donors (Lipinski definition) is 3. The quantitative estimate of drug-likeness (QED) is 0.0169. The lowest BCUT2D eigenvalue weighted by Gasteiger charge is -2.21. The topological polar surface area (TPSA) is 237 Å². The van der Waals surface area contributed by atoms with E-state index in [-0.39, 0.29) is 25.7 Å². The first-order valence-electron chi connectivity index (χ1n) is 38.8. The average molecular weight is 1450 g/mol. The van der Waals surface area contributed by atoms with Crippen molar-refractivity contribution in [2.45, 2.75) is 329 Å². The third-order valence-corrected chi connectivity index (χ3v) is 17.8. The second-order valence-corrected chi connectivity index (χ2v) is 28.4. The number of unbranched alkanes of at least 4 members (excludes halogenated alkanes) is 26. The van der Waals surface area contributed by atoms with Gasteiger partial charge in [-0.1, -0.05) is 271 Å². The maximum absolute atomic E-state index is 13.1. The van der Waals surface area contributed by atoms with Gasteiger partial charge >= 0.3 is 39.5 Å². The average Bonchev–Trinajstić information content (AvgIpc) is 0.985. The summed E-state index contributed by atoms with van der Waals surface area (Å²) in [5, 5.41) is 10.6. The zero-order valence-electron chi connectivity index (χ0n) is 62.6. The predicted molar refractivity (Wildman–Crippen MR) is 408 cm³/mol. The minimum absolute atomic E-state index is 0.0730. The molecule has 3 N–H and O–H groups in total. The van der Waals surface area contributed by atoms with E-state index in [9.17, 15) is 43.2 Å². The van der Waals surface area contributed by atoms with Gasteiger partial charge in [0.25, 0.3) is 0 Å². The van der Waals surface area contributed by atoms with E-state index < -0.39 is 97.5 Å². The molecule has 0 aliphatic heterocycles. The third kappa shape index (κ3) is 71.8. The number of aliphatic hydroxyl groups is 1. The number of ether oxygens (including phenoxy) is 4. The molecule has 0 aromatic rings. The smallest absolute Gasteiger partial charge is 0.462 e. The minimum atomic E-state index is -4.99. The molecule has 0 rings (SSSR count). The molecule has 17 nitrogen and oxygen atoms in total. The van der Waals surface area contributed by atoms with Crippen molar-refractivity contribution in [3.8, 4) is 0 Å². The van der Waals surface area contributed by atoms with Gasteiger partial charge in [-0.05, 0) is 135 Å². The molecular formula is C81H138O17P2. The van der Waals surface area contributed by atoms with E-state index in [4.69, 9.17) is 37.0 Å². The first-order valence-corrected chi connectivity index (χ1v) is 41.8. The molecule has 0 aliphatic rings. The fourth-order valence-electron chi connectivity index (χ4n) is 10.1. The van der Waals surface area contributed by atoms with Crippen LogP contribution in [0.2, 0.25) is 0 Å². The van der Waals surface area contributed by atoms with Crippen molar-refractivity contribution in [1.29, 1.82) is 0 Å². The minimum Gasteiger partial charge on any atom is -0.462 e. The summed E-state index contributed by atoms with van der Waals surface area (Å²) in [4.78, 5) is 72.9. The predicted octanol–water partition coefficient (Wildman–Crippen LogP) is 22.3. The van der Waals surface area contributed by atoms with Gasteiger partial charge in [0.1, 0.15) is 19.3 Å². The molecule has 0 spiro atoms. The van der Waals surface area contributed by atoms with Crippen LogP contribution in [0.1, 0.15) is 310 Å². The number of allylic oxidation sites excluding steroid dienone is 20. The zero-order valence-corrected chi connectivity index (χ0v) is 64.4. The van der Waals surface area contributed by atoms with Gasteiger partial charge in [-0.15, -0.1) is 0 Å². The molecule has 100 heavy (non-hydrogen) atoms. The molecule has 0 radical (unpaired) electrons. The number of phosphoric acid groups is 2. The largest absolute Gasteiger partial charge is 0.472 e. The van der Waals surface area contributed by atoms with Gasteiger partial charge in [-0.2, -0.15) is 0 Å². The summed E-state index contributed by atoms with van der Waals surface area (Å²) >= 11 is 0. The fraction of sp³-hybridized carbons (Fsp3) is 0.704. The number of hydrogen-bond acceptors (Lipinski definition) is 15. The lowest BCUT2D eigenvalue weighted by Crippen LogP contribution is -2.30. The Morgan fingerprint density at radius 2 is 0.520 bits per heavy atom. The Kier molecular flexibility index (Phi) is 69.5. The van der Waals surface area contributed by atoms with Crippen molar-refractivity contribution < 1.29 is 80.2 Å². The monoisotopic (exact) mass is 1440 g/mol. The molecule has 5 unspecified atom stereocenters. The van der Waals surface area contributed by atoms with Crippen molar-refractivity contribution in [1.82, 2.24) is 0 Å². The van der Waals surface area contributed by atoms with Crippen LogP contribution in [0.25, 0.3) is 0 Å². The normalized spacial score (nSPS) is 14.6. The van der Waals surface area contributed by atoms with Crippen molar-refractivity contribution in [2.75, 3.05) is 39.6 Å². The summed E-state index contributed by atoms with van der Waals surface area (Å²) in [7, 11) is -9.97. The SMILES string of the molecule is CC/C=C\C/C=C\C/C=C\C/C=C\CCCCCCCCC(=O)OCC(COP(=O)(O)OCC(O)COP(=O)(O)OCC(COC(=O)CCCC/C=C\C/C=C\C/C=C\C/C=C\CC)OC(=O)CCCCCCCCCCCCC)OC(=O)CCCCCCC/C=C\C/C=C\CCCCC. The fourth-order valence-corrected chi connectivity index (χ4v) is 11.6. The van der Waals surface area contributed by atoms with E-state index in [0.717, 1.165) is 173 Å².